The van der Waals surface area contributed by atoms with Crippen molar-refractivity contribution in [3.63, 3.8) is 0 Å². The minimum Gasteiger partial charge on any atom is -0.497 e. The summed E-state index contributed by atoms with van der Waals surface area (Å²) in [5, 5.41) is 6.26. The third-order valence-electron chi connectivity index (χ3n) is 4.65. The van der Waals surface area contributed by atoms with Crippen LogP contribution in [0.25, 0.3) is 0 Å². The first kappa shape index (κ1) is 20.4. The molecule has 3 rings (SSSR count). The van der Waals surface area contributed by atoms with Gasteiger partial charge in [0, 0.05) is 22.9 Å². The van der Waals surface area contributed by atoms with Gasteiger partial charge >= 0.3 is 0 Å². The summed E-state index contributed by atoms with van der Waals surface area (Å²) in [5.41, 5.74) is 1.55. The predicted octanol–water partition coefficient (Wildman–Crippen LogP) is 5.03. The van der Waals surface area contributed by atoms with Crippen molar-refractivity contribution in [3.8, 4) is 11.5 Å². The molecule has 0 unspecified atom stereocenters. The molecule has 1 aliphatic rings. The summed E-state index contributed by atoms with van der Waals surface area (Å²) >= 11 is 3.40. The third kappa shape index (κ3) is 4.93. The molecule has 0 fully saturated rings. The number of rotatable bonds is 7. The highest BCUT2D eigenvalue weighted by atomic mass is 79.9. The van der Waals surface area contributed by atoms with Gasteiger partial charge in [0.2, 0.25) is 5.91 Å². The summed E-state index contributed by atoms with van der Waals surface area (Å²) in [7, 11) is 1.64. The van der Waals surface area contributed by atoms with E-state index in [1.54, 1.807) is 12.1 Å². The highest BCUT2D eigenvalue weighted by Gasteiger charge is 2.38. The summed E-state index contributed by atoms with van der Waals surface area (Å²) in [4.78, 5) is 12.7. The molecule has 0 spiro atoms. The predicted molar refractivity (Wildman–Crippen MR) is 114 cm³/mol. The number of hydrogen-bond acceptors (Lipinski definition) is 4. The standard InChI is InChI=1S/C22H25BrN2O3/c1-22(2)15-20(16-6-4-7-19(14-16)27-3)24-25(22)21(26)8-5-13-28-18-11-9-17(23)10-12-18/h4,6-7,9-12,14H,5,8,13,15H2,1-3H3. The zero-order valence-electron chi connectivity index (χ0n) is 16.4. The molecule has 2 aromatic rings. The van der Waals surface area contributed by atoms with Crippen LogP contribution in [0.3, 0.4) is 0 Å². The maximum Gasteiger partial charge on any atom is 0.243 e. The quantitative estimate of drug-likeness (QED) is 0.562. The van der Waals surface area contributed by atoms with Crippen LogP contribution in [-0.2, 0) is 4.79 Å². The van der Waals surface area contributed by atoms with E-state index in [1.165, 1.54) is 0 Å². The Morgan fingerprint density at radius 3 is 2.64 bits per heavy atom. The highest BCUT2D eigenvalue weighted by Crippen LogP contribution is 2.31. The summed E-state index contributed by atoms with van der Waals surface area (Å²) in [6.07, 6.45) is 1.75. The van der Waals surface area contributed by atoms with Gasteiger partial charge in [-0.1, -0.05) is 28.1 Å². The van der Waals surface area contributed by atoms with Gasteiger partial charge in [0.1, 0.15) is 11.5 Å². The van der Waals surface area contributed by atoms with Crippen LogP contribution in [-0.4, -0.2) is 35.9 Å². The normalized spacial score (nSPS) is 15.3. The van der Waals surface area contributed by atoms with Gasteiger partial charge in [0.05, 0.1) is 25.0 Å². The molecule has 0 aliphatic carbocycles. The molecule has 28 heavy (non-hydrogen) atoms. The number of methoxy groups -OCH3 is 1. The van der Waals surface area contributed by atoms with Crippen LogP contribution in [0.15, 0.2) is 58.1 Å². The number of carbonyl (C=O) groups excluding carboxylic acids is 1. The average molecular weight is 445 g/mol. The number of hydrazone groups is 1. The van der Waals surface area contributed by atoms with Crippen LogP contribution in [0.4, 0.5) is 0 Å². The van der Waals surface area contributed by atoms with Crippen LogP contribution in [0.2, 0.25) is 0 Å². The number of ether oxygens (including phenoxy) is 2. The third-order valence-corrected chi connectivity index (χ3v) is 5.18. The molecule has 0 saturated heterocycles. The lowest BCUT2D eigenvalue weighted by atomic mass is 9.94. The van der Waals surface area contributed by atoms with E-state index in [-0.39, 0.29) is 11.4 Å². The lowest BCUT2D eigenvalue weighted by Crippen LogP contribution is -2.40. The maximum absolute atomic E-state index is 12.7. The number of benzene rings is 2. The van der Waals surface area contributed by atoms with Crippen LogP contribution in [0.1, 0.15) is 38.7 Å². The van der Waals surface area contributed by atoms with Crippen molar-refractivity contribution in [2.45, 2.75) is 38.6 Å². The molecule has 0 bridgehead atoms. The van der Waals surface area contributed by atoms with E-state index in [4.69, 9.17) is 9.47 Å². The van der Waals surface area contributed by atoms with E-state index < -0.39 is 0 Å². The largest absolute Gasteiger partial charge is 0.497 e. The minimum absolute atomic E-state index is 0.0160. The second kappa shape index (κ2) is 8.78. The van der Waals surface area contributed by atoms with Gasteiger partial charge < -0.3 is 9.47 Å². The average Bonchev–Trinajstić information content (AvgIpc) is 3.02. The Labute approximate surface area is 174 Å². The zero-order chi connectivity index (χ0) is 20.1. The van der Waals surface area contributed by atoms with Gasteiger partial charge in [0.25, 0.3) is 0 Å². The smallest absolute Gasteiger partial charge is 0.243 e. The fourth-order valence-corrected chi connectivity index (χ4v) is 3.45. The van der Waals surface area contributed by atoms with Crippen molar-refractivity contribution in [1.29, 1.82) is 0 Å². The fraction of sp³-hybridized carbons (Fsp3) is 0.364. The maximum atomic E-state index is 12.7. The van der Waals surface area contributed by atoms with E-state index >= 15 is 0 Å². The molecule has 0 atom stereocenters. The van der Waals surface area contributed by atoms with Gasteiger partial charge in [-0.2, -0.15) is 5.10 Å². The number of hydrogen-bond donors (Lipinski definition) is 0. The molecular formula is C22H25BrN2O3. The van der Waals surface area contributed by atoms with E-state index in [0.717, 1.165) is 27.2 Å². The topological polar surface area (TPSA) is 51.1 Å². The molecule has 0 aromatic heterocycles. The van der Waals surface area contributed by atoms with Gasteiger partial charge in [-0.3, -0.25) is 4.79 Å². The number of carbonyl (C=O) groups is 1. The van der Waals surface area contributed by atoms with E-state index in [1.807, 2.05) is 62.4 Å². The Morgan fingerprint density at radius 2 is 1.93 bits per heavy atom. The van der Waals surface area contributed by atoms with Crippen LogP contribution < -0.4 is 9.47 Å². The Kier molecular flexibility index (Phi) is 6.39. The lowest BCUT2D eigenvalue weighted by Gasteiger charge is -2.28. The van der Waals surface area contributed by atoms with Gasteiger partial charge in [-0.25, -0.2) is 5.01 Å². The molecule has 0 radical (unpaired) electrons. The van der Waals surface area contributed by atoms with Crippen LogP contribution >= 0.6 is 15.9 Å². The van der Waals surface area contributed by atoms with E-state index in [0.29, 0.717) is 25.9 Å². The van der Waals surface area contributed by atoms with Crippen molar-refractivity contribution in [2.24, 2.45) is 5.10 Å². The zero-order valence-corrected chi connectivity index (χ0v) is 18.0. The van der Waals surface area contributed by atoms with E-state index in [2.05, 4.69) is 21.0 Å². The van der Waals surface area contributed by atoms with Crippen molar-refractivity contribution in [1.82, 2.24) is 5.01 Å². The van der Waals surface area contributed by atoms with E-state index in [9.17, 15) is 4.79 Å². The van der Waals surface area contributed by atoms with Crippen molar-refractivity contribution < 1.29 is 14.3 Å². The minimum atomic E-state index is -0.345. The second-order valence-corrected chi connectivity index (χ2v) is 8.30. The molecular weight excluding hydrogens is 420 g/mol. The van der Waals surface area contributed by atoms with Crippen molar-refractivity contribution >= 4 is 27.5 Å². The van der Waals surface area contributed by atoms with Crippen molar-refractivity contribution in [2.75, 3.05) is 13.7 Å². The summed E-state index contributed by atoms with van der Waals surface area (Å²) in [5.74, 6) is 1.60. The van der Waals surface area contributed by atoms with Crippen LogP contribution in [0.5, 0.6) is 11.5 Å². The summed E-state index contributed by atoms with van der Waals surface area (Å²) in [6, 6.07) is 15.5. The molecule has 1 aliphatic heterocycles. The Balaban J connectivity index is 1.58. The van der Waals surface area contributed by atoms with Crippen molar-refractivity contribution in [3.05, 3.63) is 58.6 Å². The first-order valence-corrected chi connectivity index (χ1v) is 10.1. The first-order chi connectivity index (χ1) is 13.4. The highest BCUT2D eigenvalue weighted by molar-refractivity contribution is 9.10. The second-order valence-electron chi connectivity index (χ2n) is 7.38. The Morgan fingerprint density at radius 1 is 1.18 bits per heavy atom. The monoisotopic (exact) mass is 444 g/mol. The van der Waals surface area contributed by atoms with Gasteiger partial charge in [0.15, 0.2) is 0 Å². The molecule has 2 aromatic carbocycles. The molecule has 148 valence electrons. The number of nitrogens with zero attached hydrogens (tertiary/aromatic N) is 2. The molecule has 6 heteroatoms. The first-order valence-electron chi connectivity index (χ1n) is 9.32. The summed E-state index contributed by atoms with van der Waals surface area (Å²) in [6.45, 7) is 4.58. The lowest BCUT2D eigenvalue weighted by molar-refractivity contribution is -0.135. The van der Waals surface area contributed by atoms with Gasteiger partial charge in [-0.15, -0.1) is 0 Å². The Hall–Kier alpha value is -2.34. The molecule has 1 heterocycles. The number of amides is 1. The Bertz CT molecular complexity index is 862. The molecule has 5 nitrogen and oxygen atoms in total. The number of halogens is 1. The van der Waals surface area contributed by atoms with Gasteiger partial charge in [-0.05, 0) is 56.7 Å². The molecule has 0 N–H and O–H groups in total. The SMILES string of the molecule is COc1cccc(C2=NN(C(=O)CCCOc3ccc(Br)cc3)C(C)(C)C2)c1. The fourth-order valence-electron chi connectivity index (χ4n) is 3.18. The molecule has 0 saturated carbocycles. The van der Waals surface area contributed by atoms with Crippen LogP contribution in [0, 0.1) is 0 Å². The summed E-state index contributed by atoms with van der Waals surface area (Å²) < 4.78 is 12.0. The molecule has 1 amide bonds.